The Balaban J connectivity index is 2.03. The minimum absolute atomic E-state index is 0.111. The Morgan fingerprint density at radius 1 is 1.43 bits per heavy atom. The van der Waals surface area contributed by atoms with Crippen LogP contribution in [0, 0.1) is 6.92 Å². The highest BCUT2D eigenvalue weighted by molar-refractivity contribution is 5.90. The van der Waals surface area contributed by atoms with E-state index in [1.165, 1.54) is 0 Å². The van der Waals surface area contributed by atoms with Gasteiger partial charge in [0.05, 0.1) is 23.6 Å². The number of nitrogens with zero attached hydrogens (tertiary/aromatic N) is 4. The highest BCUT2D eigenvalue weighted by atomic mass is 16.2. The van der Waals surface area contributed by atoms with Gasteiger partial charge in [0.15, 0.2) is 0 Å². The number of carbonyl (C=O) groups is 1. The van der Waals surface area contributed by atoms with Crippen molar-refractivity contribution in [3.63, 3.8) is 0 Å². The third kappa shape index (κ3) is 3.24. The number of amides is 2. The van der Waals surface area contributed by atoms with Crippen molar-refractivity contribution in [2.24, 2.45) is 14.1 Å². The van der Waals surface area contributed by atoms with Crippen LogP contribution in [0.15, 0.2) is 12.4 Å². The maximum Gasteiger partial charge on any atom is 0.319 e. The number of hydrogen-bond donors (Lipinski definition) is 2. The molecule has 2 heterocycles. The molecule has 0 radical (unpaired) electrons. The van der Waals surface area contributed by atoms with E-state index in [1.54, 1.807) is 21.8 Å². The number of hydrogen-bond acceptors (Lipinski definition) is 3. The molecule has 0 bridgehead atoms. The van der Waals surface area contributed by atoms with Crippen molar-refractivity contribution >= 4 is 11.7 Å². The predicted molar refractivity (Wildman–Crippen MR) is 81.1 cm³/mol. The maximum absolute atomic E-state index is 12.1. The van der Waals surface area contributed by atoms with E-state index in [4.69, 9.17) is 0 Å². The topological polar surface area (TPSA) is 76.8 Å². The molecule has 2 amide bonds. The van der Waals surface area contributed by atoms with E-state index in [-0.39, 0.29) is 12.1 Å². The summed E-state index contributed by atoms with van der Waals surface area (Å²) in [4.78, 5) is 12.1. The third-order valence-corrected chi connectivity index (χ3v) is 3.58. The van der Waals surface area contributed by atoms with Crippen LogP contribution in [0.5, 0.6) is 0 Å². The molecule has 2 aromatic heterocycles. The van der Waals surface area contributed by atoms with Crippen LogP contribution in [0.3, 0.4) is 0 Å². The van der Waals surface area contributed by atoms with Crippen molar-refractivity contribution in [1.82, 2.24) is 24.9 Å². The van der Waals surface area contributed by atoms with Gasteiger partial charge in [0, 0.05) is 31.5 Å². The molecule has 0 aliphatic carbocycles. The monoisotopic (exact) mass is 290 g/mol. The molecule has 0 aliphatic rings. The van der Waals surface area contributed by atoms with Crippen LogP contribution in [0.4, 0.5) is 10.5 Å². The lowest BCUT2D eigenvalue weighted by molar-refractivity contribution is 0.249. The molecule has 0 aromatic carbocycles. The molecule has 2 N–H and O–H groups in total. The van der Waals surface area contributed by atoms with Crippen molar-refractivity contribution in [2.45, 2.75) is 33.2 Å². The fourth-order valence-corrected chi connectivity index (χ4v) is 2.27. The summed E-state index contributed by atoms with van der Waals surface area (Å²) in [7, 11) is 3.72. The number of aryl methyl sites for hydroxylation is 3. The molecule has 7 heteroatoms. The average Bonchev–Trinajstić information content (AvgIpc) is 2.93. The van der Waals surface area contributed by atoms with E-state index in [0.29, 0.717) is 0 Å². The second kappa shape index (κ2) is 5.99. The molecule has 1 unspecified atom stereocenters. The molecule has 0 saturated carbocycles. The number of anilines is 1. The van der Waals surface area contributed by atoms with Crippen molar-refractivity contribution < 1.29 is 4.79 Å². The number of rotatable bonds is 4. The van der Waals surface area contributed by atoms with Gasteiger partial charge in [0.2, 0.25) is 0 Å². The van der Waals surface area contributed by atoms with Crippen LogP contribution in [-0.2, 0) is 20.5 Å². The van der Waals surface area contributed by atoms with Crippen LogP contribution >= 0.6 is 0 Å². The van der Waals surface area contributed by atoms with Crippen molar-refractivity contribution in [3.05, 3.63) is 29.3 Å². The smallest absolute Gasteiger partial charge is 0.319 e. The molecule has 21 heavy (non-hydrogen) atoms. The SMILES string of the molecule is CCc1nn(C)cc1NC(=O)NC(C)c1cnn(C)c1C. The molecular weight excluding hydrogens is 268 g/mol. The van der Waals surface area contributed by atoms with E-state index >= 15 is 0 Å². The fourth-order valence-electron chi connectivity index (χ4n) is 2.27. The standard InChI is InChI=1S/C14H22N6O/c1-6-12-13(8-19(4)18-12)17-14(21)16-9(2)11-7-15-20(5)10(11)3/h7-9H,6H2,1-5H3,(H2,16,17,21). The summed E-state index contributed by atoms with van der Waals surface area (Å²) in [5, 5.41) is 14.3. The van der Waals surface area contributed by atoms with Crippen LogP contribution in [0.2, 0.25) is 0 Å². The van der Waals surface area contributed by atoms with Gasteiger partial charge in [-0.05, 0) is 20.3 Å². The molecule has 0 aliphatic heterocycles. The Morgan fingerprint density at radius 3 is 2.71 bits per heavy atom. The van der Waals surface area contributed by atoms with E-state index in [9.17, 15) is 4.79 Å². The first-order chi connectivity index (χ1) is 9.92. The Bertz CT molecular complexity index is 642. The zero-order chi connectivity index (χ0) is 15.6. The van der Waals surface area contributed by atoms with Gasteiger partial charge in [-0.3, -0.25) is 9.36 Å². The van der Waals surface area contributed by atoms with Crippen molar-refractivity contribution in [3.8, 4) is 0 Å². The van der Waals surface area contributed by atoms with Gasteiger partial charge in [-0.15, -0.1) is 0 Å². The van der Waals surface area contributed by atoms with Crippen LogP contribution in [-0.4, -0.2) is 25.6 Å². The second-order valence-corrected chi connectivity index (χ2v) is 5.15. The Hall–Kier alpha value is -2.31. The van der Waals surface area contributed by atoms with E-state index in [2.05, 4.69) is 20.8 Å². The fraction of sp³-hybridized carbons (Fsp3) is 0.500. The minimum Gasteiger partial charge on any atom is -0.331 e. The molecule has 2 rings (SSSR count). The van der Waals surface area contributed by atoms with Gasteiger partial charge in [0.25, 0.3) is 0 Å². The van der Waals surface area contributed by atoms with Gasteiger partial charge in [0.1, 0.15) is 0 Å². The first-order valence-corrected chi connectivity index (χ1v) is 7.00. The van der Waals surface area contributed by atoms with Crippen LogP contribution in [0.1, 0.15) is 36.8 Å². The van der Waals surface area contributed by atoms with Crippen LogP contribution in [0.25, 0.3) is 0 Å². The third-order valence-electron chi connectivity index (χ3n) is 3.58. The molecule has 1 atom stereocenters. The summed E-state index contributed by atoms with van der Waals surface area (Å²) in [5.74, 6) is 0. The largest absolute Gasteiger partial charge is 0.331 e. The first-order valence-electron chi connectivity index (χ1n) is 7.00. The minimum atomic E-state index is -0.242. The van der Waals surface area contributed by atoms with Gasteiger partial charge >= 0.3 is 6.03 Å². The molecule has 7 nitrogen and oxygen atoms in total. The number of aromatic nitrogens is 4. The summed E-state index contributed by atoms with van der Waals surface area (Å²) >= 11 is 0. The Morgan fingerprint density at radius 2 is 2.14 bits per heavy atom. The summed E-state index contributed by atoms with van der Waals surface area (Å²) in [6, 6.07) is -0.353. The van der Waals surface area contributed by atoms with Crippen molar-refractivity contribution in [1.29, 1.82) is 0 Å². The maximum atomic E-state index is 12.1. The highest BCUT2D eigenvalue weighted by Crippen LogP contribution is 2.17. The predicted octanol–water partition coefficient (Wildman–Crippen LogP) is 1.91. The van der Waals surface area contributed by atoms with Gasteiger partial charge in [-0.25, -0.2) is 4.79 Å². The molecule has 0 saturated heterocycles. The molecule has 0 spiro atoms. The zero-order valence-electron chi connectivity index (χ0n) is 13.1. The number of carbonyl (C=O) groups excluding carboxylic acids is 1. The average molecular weight is 290 g/mol. The van der Waals surface area contributed by atoms with Gasteiger partial charge in [-0.1, -0.05) is 6.92 Å². The Labute approximate surface area is 124 Å². The molecule has 2 aromatic rings. The van der Waals surface area contributed by atoms with E-state index in [0.717, 1.165) is 29.1 Å². The highest BCUT2D eigenvalue weighted by Gasteiger charge is 2.16. The summed E-state index contributed by atoms with van der Waals surface area (Å²) < 4.78 is 3.49. The number of urea groups is 1. The molecule has 0 fully saturated rings. The summed E-state index contributed by atoms with van der Waals surface area (Å²) in [6.45, 7) is 5.93. The quantitative estimate of drug-likeness (QED) is 0.903. The number of nitrogens with one attached hydrogen (secondary N) is 2. The van der Waals surface area contributed by atoms with E-state index < -0.39 is 0 Å². The van der Waals surface area contributed by atoms with Crippen LogP contribution < -0.4 is 10.6 Å². The lowest BCUT2D eigenvalue weighted by Gasteiger charge is -2.14. The normalized spacial score (nSPS) is 12.2. The zero-order valence-corrected chi connectivity index (χ0v) is 13.1. The summed E-state index contributed by atoms with van der Waals surface area (Å²) in [5.41, 5.74) is 3.67. The lowest BCUT2D eigenvalue weighted by atomic mass is 10.1. The first kappa shape index (κ1) is 15.1. The van der Waals surface area contributed by atoms with Crippen molar-refractivity contribution in [2.75, 3.05) is 5.32 Å². The van der Waals surface area contributed by atoms with E-state index in [1.807, 2.05) is 34.9 Å². The van der Waals surface area contributed by atoms with Gasteiger partial charge < -0.3 is 10.6 Å². The van der Waals surface area contributed by atoms with Gasteiger partial charge in [-0.2, -0.15) is 10.2 Å². The second-order valence-electron chi connectivity index (χ2n) is 5.15. The molecular formula is C14H22N6O. The lowest BCUT2D eigenvalue weighted by Crippen LogP contribution is -2.31. The Kier molecular flexibility index (Phi) is 4.30. The molecule has 114 valence electrons. The summed E-state index contributed by atoms with van der Waals surface area (Å²) in [6.07, 6.45) is 4.36.